The van der Waals surface area contributed by atoms with Gasteiger partial charge in [-0.1, -0.05) is 6.92 Å². The molecule has 1 aliphatic rings. The van der Waals surface area contributed by atoms with E-state index in [2.05, 4.69) is 6.92 Å². The van der Waals surface area contributed by atoms with Crippen molar-refractivity contribution in [3.63, 3.8) is 0 Å². The largest absolute Gasteiger partial charge is 0.341 e. The summed E-state index contributed by atoms with van der Waals surface area (Å²) in [5.74, 6) is -0.121. The zero-order chi connectivity index (χ0) is 14.2. The summed E-state index contributed by atoms with van der Waals surface area (Å²) in [6.45, 7) is 2.75. The molecule has 2 atom stereocenters. The maximum absolute atomic E-state index is 13.2. The van der Waals surface area contributed by atoms with Gasteiger partial charge in [0.05, 0.1) is 4.92 Å². The molecule has 0 bridgehead atoms. The molecule has 0 spiro atoms. The molecule has 1 fully saturated rings. The third-order valence-electron chi connectivity index (χ3n) is 3.52. The Balaban J connectivity index is 2.14. The van der Waals surface area contributed by atoms with Crippen molar-refractivity contribution in [1.29, 1.82) is 0 Å². The van der Waals surface area contributed by atoms with Crippen LogP contribution < -0.4 is 0 Å². The Morgan fingerprint density at radius 3 is 2.74 bits per heavy atom. The van der Waals surface area contributed by atoms with E-state index in [1.54, 1.807) is 7.05 Å². The summed E-state index contributed by atoms with van der Waals surface area (Å²) in [4.78, 5) is 23.4. The van der Waals surface area contributed by atoms with E-state index >= 15 is 0 Å². The second-order valence-electron chi connectivity index (χ2n) is 5.08. The van der Waals surface area contributed by atoms with Gasteiger partial charge in [-0.25, -0.2) is 0 Å². The first kappa shape index (κ1) is 13.5. The average Bonchev–Trinajstić information content (AvgIpc) is 3.04. The van der Waals surface area contributed by atoms with Gasteiger partial charge in [0.2, 0.25) is 5.82 Å². The standard InChI is InChI=1S/C13H15FN2O3/c1-8-5-10(8)7-15(2)13(17)9-3-4-11(14)12(6-9)16(18)19/h3-4,6,8,10H,5,7H2,1-2H3. The minimum atomic E-state index is -0.931. The second-order valence-corrected chi connectivity index (χ2v) is 5.08. The van der Waals surface area contributed by atoms with Crippen molar-refractivity contribution in [3.05, 3.63) is 39.7 Å². The fourth-order valence-electron chi connectivity index (χ4n) is 2.09. The molecule has 2 rings (SSSR count). The number of nitro benzene ring substituents is 1. The van der Waals surface area contributed by atoms with Gasteiger partial charge < -0.3 is 4.90 Å². The lowest BCUT2D eigenvalue weighted by atomic mass is 10.1. The summed E-state index contributed by atoms with van der Waals surface area (Å²) in [5, 5.41) is 10.6. The van der Waals surface area contributed by atoms with E-state index in [1.165, 1.54) is 11.0 Å². The van der Waals surface area contributed by atoms with Crippen molar-refractivity contribution < 1.29 is 14.1 Å². The summed E-state index contributed by atoms with van der Waals surface area (Å²) >= 11 is 0. The third-order valence-corrected chi connectivity index (χ3v) is 3.52. The minimum Gasteiger partial charge on any atom is -0.341 e. The van der Waals surface area contributed by atoms with Gasteiger partial charge in [-0.05, 0) is 30.4 Å². The second kappa shape index (κ2) is 4.95. The third kappa shape index (κ3) is 2.89. The van der Waals surface area contributed by atoms with Gasteiger partial charge in [0.15, 0.2) is 0 Å². The van der Waals surface area contributed by atoms with Gasteiger partial charge in [0, 0.05) is 25.2 Å². The van der Waals surface area contributed by atoms with Crippen molar-refractivity contribution in [2.75, 3.05) is 13.6 Å². The lowest BCUT2D eigenvalue weighted by molar-refractivity contribution is -0.387. The highest BCUT2D eigenvalue weighted by molar-refractivity contribution is 5.94. The Hall–Kier alpha value is -1.98. The molecule has 0 N–H and O–H groups in total. The van der Waals surface area contributed by atoms with E-state index in [0.717, 1.165) is 18.6 Å². The number of halogens is 1. The number of nitro groups is 1. The van der Waals surface area contributed by atoms with E-state index in [1.807, 2.05) is 0 Å². The molecule has 5 nitrogen and oxygen atoms in total. The Morgan fingerprint density at radius 1 is 1.58 bits per heavy atom. The fourth-order valence-corrected chi connectivity index (χ4v) is 2.09. The molecule has 1 aromatic carbocycles. The van der Waals surface area contributed by atoms with Crippen molar-refractivity contribution in [2.45, 2.75) is 13.3 Å². The summed E-state index contributed by atoms with van der Waals surface area (Å²) in [5.41, 5.74) is -0.525. The Kier molecular flexibility index (Phi) is 3.50. The molecule has 1 aliphatic carbocycles. The molecule has 0 aliphatic heterocycles. The van der Waals surface area contributed by atoms with Crippen LogP contribution in [0.15, 0.2) is 18.2 Å². The van der Waals surface area contributed by atoms with E-state index in [0.29, 0.717) is 18.4 Å². The van der Waals surface area contributed by atoms with Crippen LogP contribution in [0.3, 0.4) is 0 Å². The van der Waals surface area contributed by atoms with Crippen LogP contribution in [0.1, 0.15) is 23.7 Å². The van der Waals surface area contributed by atoms with Gasteiger partial charge in [0.1, 0.15) is 0 Å². The van der Waals surface area contributed by atoms with Crippen LogP contribution >= 0.6 is 0 Å². The SMILES string of the molecule is CC1CC1CN(C)C(=O)c1ccc(F)c([N+](=O)[O-])c1. The zero-order valence-corrected chi connectivity index (χ0v) is 10.8. The predicted molar refractivity (Wildman–Crippen MR) is 67.3 cm³/mol. The van der Waals surface area contributed by atoms with E-state index in [4.69, 9.17) is 0 Å². The number of carbonyl (C=O) groups is 1. The molecule has 1 saturated carbocycles. The highest BCUT2D eigenvalue weighted by atomic mass is 19.1. The van der Waals surface area contributed by atoms with Crippen molar-refractivity contribution in [1.82, 2.24) is 4.90 Å². The van der Waals surface area contributed by atoms with Crippen LogP contribution in [0, 0.1) is 27.8 Å². The van der Waals surface area contributed by atoms with Crippen molar-refractivity contribution >= 4 is 11.6 Å². The normalized spacial score (nSPS) is 21.0. The Bertz CT molecular complexity index is 533. The molecular formula is C13H15FN2O3. The maximum atomic E-state index is 13.2. The number of hydrogen-bond acceptors (Lipinski definition) is 3. The molecular weight excluding hydrogens is 251 g/mol. The predicted octanol–water partition coefficient (Wildman–Crippen LogP) is 2.46. The Labute approximate surface area is 110 Å². The van der Waals surface area contributed by atoms with Crippen LogP contribution in [0.5, 0.6) is 0 Å². The van der Waals surface area contributed by atoms with Crippen LogP contribution in [0.4, 0.5) is 10.1 Å². The zero-order valence-electron chi connectivity index (χ0n) is 10.8. The van der Waals surface area contributed by atoms with Crippen molar-refractivity contribution in [3.8, 4) is 0 Å². The van der Waals surface area contributed by atoms with Crippen LogP contribution in [-0.2, 0) is 0 Å². The quantitative estimate of drug-likeness (QED) is 0.621. The highest BCUT2D eigenvalue weighted by Gasteiger charge is 2.34. The number of hydrogen-bond donors (Lipinski definition) is 0. The molecule has 0 radical (unpaired) electrons. The molecule has 19 heavy (non-hydrogen) atoms. The average molecular weight is 266 g/mol. The van der Waals surface area contributed by atoms with Gasteiger partial charge in [-0.3, -0.25) is 14.9 Å². The number of nitrogens with zero attached hydrogens (tertiary/aromatic N) is 2. The van der Waals surface area contributed by atoms with Crippen molar-refractivity contribution in [2.24, 2.45) is 11.8 Å². The maximum Gasteiger partial charge on any atom is 0.305 e. The topological polar surface area (TPSA) is 63.5 Å². The highest BCUT2D eigenvalue weighted by Crippen LogP contribution is 2.38. The summed E-state index contributed by atoms with van der Waals surface area (Å²) in [6, 6.07) is 3.22. The fraction of sp³-hybridized carbons (Fsp3) is 0.462. The van der Waals surface area contributed by atoms with E-state index in [-0.39, 0.29) is 11.5 Å². The van der Waals surface area contributed by atoms with Gasteiger partial charge in [-0.15, -0.1) is 0 Å². The van der Waals surface area contributed by atoms with Gasteiger partial charge in [-0.2, -0.15) is 4.39 Å². The molecule has 1 aromatic rings. The molecule has 6 heteroatoms. The molecule has 1 amide bonds. The summed E-state index contributed by atoms with van der Waals surface area (Å²) in [7, 11) is 1.66. The molecule has 102 valence electrons. The number of amides is 1. The van der Waals surface area contributed by atoms with Gasteiger partial charge in [0.25, 0.3) is 5.91 Å². The first-order valence-corrected chi connectivity index (χ1v) is 6.09. The Morgan fingerprint density at radius 2 is 2.21 bits per heavy atom. The first-order chi connectivity index (χ1) is 8.90. The minimum absolute atomic E-state index is 0.143. The number of rotatable bonds is 4. The molecule has 0 aromatic heterocycles. The molecule has 0 saturated heterocycles. The lowest BCUT2D eigenvalue weighted by Gasteiger charge is -2.17. The lowest BCUT2D eigenvalue weighted by Crippen LogP contribution is -2.29. The summed E-state index contributed by atoms with van der Waals surface area (Å²) < 4.78 is 13.2. The van der Waals surface area contributed by atoms with Crippen LogP contribution in [-0.4, -0.2) is 29.3 Å². The summed E-state index contributed by atoms with van der Waals surface area (Å²) in [6.07, 6.45) is 1.10. The van der Waals surface area contributed by atoms with Crippen LogP contribution in [0.2, 0.25) is 0 Å². The molecule has 0 heterocycles. The van der Waals surface area contributed by atoms with Gasteiger partial charge >= 0.3 is 5.69 Å². The van der Waals surface area contributed by atoms with E-state index in [9.17, 15) is 19.3 Å². The number of benzene rings is 1. The monoisotopic (exact) mass is 266 g/mol. The number of carbonyl (C=O) groups excluding carboxylic acids is 1. The van der Waals surface area contributed by atoms with Crippen LogP contribution in [0.25, 0.3) is 0 Å². The van der Waals surface area contributed by atoms with E-state index < -0.39 is 16.4 Å². The molecule has 2 unspecified atom stereocenters. The smallest absolute Gasteiger partial charge is 0.305 e. The first-order valence-electron chi connectivity index (χ1n) is 6.09.